The first-order chi connectivity index (χ1) is 11.9. The molecule has 1 heterocycles. The van der Waals surface area contributed by atoms with Crippen molar-refractivity contribution in [1.82, 2.24) is 14.9 Å². The summed E-state index contributed by atoms with van der Waals surface area (Å²) in [5.41, 5.74) is 0.423. The molecule has 136 valence electrons. The van der Waals surface area contributed by atoms with E-state index in [4.69, 9.17) is 0 Å². The molecule has 1 saturated heterocycles. The molecule has 0 radical (unpaired) electrons. The second-order valence-corrected chi connectivity index (χ2v) is 8.47. The first-order valence-corrected chi connectivity index (χ1v) is 10.0. The summed E-state index contributed by atoms with van der Waals surface area (Å²) in [7, 11) is -2.16. The summed E-state index contributed by atoms with van der Waals surface area (Å²) in [6, 6.07) is 5.88. The van der Waals surface area contributed by atoms with Crippen molar-refractivity contribution in [3.05, 3.63) is 29.8 Å². The number of sulfonamides is 1. The van der Waals surface area contributed by atoms with Crippen LogP contribution in [0.2, 0.25) is 0 Å². The molecule has 8 heteroatoms. The van der Waals surface area contributed by atoms with Crippen LogP contribution in [0.15, 0.2) is 29.2 Å². The number of nitrogens with one attached hydrogen (secondary N) is 2. The van der Waals surface area contributed by atoms with E-state index in [9.17, 15) is 18.0 Å². The molecular weight excluding hydrogens is 342 g/mol. The van der Waals surface area contributed by atoms with E-state index in [-0.39, 0.29) is 28.7 Å². The number of carbonyl (C=O) groups excluding carboxylic acids is 2. The van der Waals surface area contributed by atoms with Crippen molar-refractivity contribution in [1.29, 1.82) is 0 Å². The van der Waals surface area contributed by atoms with Gasteiger partial charge >= 0.3 is 0 Å². The Balaban J connectivity index is 1.53. The number of nitrogens with zero attached hydrogens (tertiary/aromatic N) is 1. The van der Waals surface area contributed by atoms with Crippen LogP contribution in [0.5, 0.6) is 0 Å². The molecular formula is C17H23N3O4S. The molecule has 0 atom stereocenters. The average molecular weight is 365 g/mol. The molecule has 25 heavy (non-hydrogen) atoms. The average Bonchev–Trinajstić information content (AvgIpc) is 3.47. The van der Waals surface area contributed by atoms with Gasteiger partial charge in [0, 0.05) is 30.6 Å². The van der Waals surface area contributed by atoms with E-state index in [0.717, 1.165) is 25.7 Å². The van der Waals surface area contributed by atoms with Crippen LogP contribution >= 0.6 is 0 Å². The Morgan fingerprint density at radius 3 is 2.16 bits per heavy atom. The second kappa shape index (κ2) is 7.13. The number of amides is 2. The highest BCUT2D eigenvalue weighted by atomic mass is 32.2. The Kier molecular flexibility index (Phi) is 5.10. The first-order valence-electron chi connectivity index (χ1n) is 8.54. The highest BCUT2D eigenvalue weighted by Crippen LogP contribution is 2.31. The number of carbonyl (C=O) groups is 2. The maximum absolute atomic E-state index is 12.3. The predicted octanol–water partition coefficient (Wildman–Crippen LogP) is 0.725. The fourth-order valence-electron chi connectivity index (χ4n) is 3.00. The zero-order valence-corrected chi connectivity index (χ0v) is 15.0. The summed E-state index contributed by atoms with van der Waals surface area (Å²) >= 11 is 0. The van der Waals surface area contributed by atoms with Gasteiger partial charge in [0.15, 0.2) is 0 Å². The van der Waals surface area contributed by atoms with Crippen molar-refractivity contribution < 1.29 is 18.0 Å². The molecule has 1 aromatic rings. The van der Waals surface area contributed by atoms with Crippen LogP contribution < -0.4 is 10.0 Å². The third-order valence-electron chi connectivity index (χ3n) is 4.76. The lowest BCUT2D eigenvalue weighted by molar-refractivity contribution is -0.133. The summed E-state index contributed by atoms with van der Waals surface area (Å²) in [4.78, 5) is 26.4. The smallest absolute Gasteiger partial charge is 0.251 e. The zero-order valence-electron chi connectivity index (χ0n) is 14.2. The topological polar surface area (TPSA) is 95.6 Å². The van der Waals surface area contributed by atoms with Crippen molar-refractivity contribution in [2.24, 2.45) is 5.92 Å². The van der Waals surface area contributed by atoms with E-state index in [2.05, 4.69) is 10.0 Å². The van der Waals surface area contributed by atoms with Gasteiger partial charge in [0.2, 0.25) is 15.9 Å². The van der Waals surface area contributed by atoms with Gasteiger partial charge in [-0.25, -0.2) is 13.1 Å². The van der Waals surface area contributed by atoms with Crippen LogP contribution in [-0.2, 0) is 14.8 Å². The summed E-state index contributed by atoms with van der Waals surface area (Å²) in [6.07, 6.45) is 3.51. The molecule has 0 unspecified atom stereocenters. The summed E-state index contributed by atoms with van der Waals surface area (Å²) in [6.45, 7) is 1.36. The monoisotopic (exact) mass is 365 g/mol. The lowest BCUT2D eigenvalue weighted by Gasteiger charge is -2.32. The van der Waals surface area contributed by atoms with Crippen LogP contribution in [0.4, 0.5) is 0 Å². The number of piperidine rings is 1. The minimum Gasteiger partial charge on any atom is -0.349 e. The van der Waals surface area contributed by atoms with Gasteiger partial charge in [-0.05, 0) is 57.0 Å². The van der Waals surface area contributed by atoms with E-state index in [0.29, 0.717) is 18.7 Å². The predicted molar refractivity (Wildman–Crippen MR) is 92.5 cm³/mol. The van der Waals surface area contributed by atoms with Crippen molar-refractivity contribution in [3.63, 3.8) is 0 Å². The first kappa shape index (κ1) is 17.9. The fraction of sp³-hybridized carbons (Fsp3) is 0.529. The lowest BCUT2D eigenvalue weighted by atomic mass is 10.0. The Bertz CT molecular complexity index is 749. The van der Waals surface area contributed by atoms with Gasteiger partial charge in [0.1, 0.15) is 0 Å². The Morgan fingerprint density at radius 1 is 1.04 bits per heavy atom. The van der Waals surface area contributed by atoms with Gasteiger partial charge in [0.05, 0.1) is 4.90 Å². The Hall–Kier alpha value is -1.93. The number of hydrogen-bond acceptors (Lipinski definition) is 4. The largest absolute Gasteiger partial charge is 0.349 e. The maximum Gasteiger partial charge on any atom is 0.251 e. The zero-order chi connectivity index (χ0) is 18.0. The van der Waals surface area contributed by atoms with Crippen molar-refractivity contribution in [3.8, 4) is 0 Å². The SMILES string of the molecule is CNS(=O)(=O)c1ccc(C(=O)NC2CCN(C(=O)C3CC3)CC2)cc1. The fourth-order valence-corrected chi connectivity index (χ4v) is 3.73. The molecule has 0 bridgehead atoms. The minimum atomic E-state index is -3.50. The van der Waals surface area contributed by atoms with Crippen molar-refractivity contribution in [2.45, 2.75) is 36.6 Å². The molecule has 7 nitrogen and oxygen atoms in total. The standard InChI is InChI=1S/C17H23N3O4S/c1-18-25(23,24)15-6-4-12(5-7-15)16(21)19-14-8-10-20(11-9-14)17(22)13-2-3-13/h4-7,13-14,18H,2-3,8-11H2,1H3,(H,19,21). The number of benzene rings is 1. The molecule has 0 aromatic heterocycles. The molecule has 1 saturated carbocycles. The molecule has 2 N–H and O–H groups in total. The summed E-state index contributed by atoms with van der Waals surface area (Å²) in [5, 5.41) is 2.97. The Labute approximate surface area is 147 Å². The van der Waals surface area contributed by atoms with E-state index < -0.39 is 10.0 Å². The summed E-state index contributed by atoms with van der Waals surface area (Å²) in [5.74, 6) is 0.269. The number of likely N-dealkylation sites (tertiary alicyclic amines) is 1. The van der Waals surface area contributed by atoms with Crippen LogP contribution in [0.3, 0.4) is 0 Å². The normalized spacial score (nSPS) is 18.8. The molecule has 1 aromatic carbocycles. The second-order valence-electron chi connectivity index (χ2n) is 6.58. The van der Waals surface area contributed by atoms with E-state index in [1.807, 2.05) is 4.90 Å². The summed E-state index contributed by atoms with van der Waals surface area (Å²) < 4.78 is 25.6. The molecule has 1 aliphatic carbocycles. The van der Waals surface area contributed by atoms with Gasteiger partial charge in [-0.1, -0.05) is 0 Å². The van der Waals surface area contributed by atoms with Gasteiger partial charge in [0.25, 0.3) is 5.91 Å². The molecule has 3 rings (SSSR count). The maximum atomic E-state index is 12.3. The van der Waals surface area contributed by atoms with Crippen LogP contribution in [0, 0.1) is 5.92 Å². The highest BCUT2D eigenvalue weighted by molar-refractivity contribution is 7.89. The van der Waals surface area contributed by atoms with E-state index in [1.165, 1.54) is 31.3 Å². The van der Waals surface area contributed by atoms with Gasteiger partial charge in [-0.15, -0.1) is 0 Å². The van der Waals surface area contributed by atoms with Crippen molar-refractivity contribution >= 4 is 21.8 Å². The highest BCUT2D eigenvalue weighted by Gasteiger charge is 2.35. The van der Waals surface area contributed by atoms with Crippen molar-refractivity contribution in [2.75, 3.05) is 20.1 Å². The minimum absolute atomic E-state index is 0.0384. The van der Waals surface area contributed by atoms with Gasteiger partial charge in [-0.2, -0.15) is 0 Å². The van der Waals surface area contributed by atoms with E-state index in [1.54, 1.807) is 0 Å². The molecule has 2 amide bonds. The molecule has 0 spiro atoms. The third kappa shape index (κ3) is 4.19. The Morgan fingerprint density at radius 2 is 1.64 bits per heavy atom. The molecule has 1 aliphatic heterocycles. The van der Waals surface area contributed by atoms with E-state index >= 15 is 0 Å². The van der Waals surface area contributed by atoms with Crippen LogP contribution in [-0.4, -0.2) is 51.3 Å². The third-order valence-corrected chi connectivity index (χ3v) is 6.19. The molecule has 2 aliphatic rings. The van der Waals surface area contributed by atoms with Gasteiger partial charge in [-0.3, -0.25) is 9.59 Å². The lowest BCUT2D eigenvalue weighted by Crippen LogP contribution is -2.47. The number of rotatable bonds is 5. The van der Waals surface area contributed by atoms with Crippen LogP contribution in [0.1, 0.15) is 36.0 Å². The number of hydrogen-bond donors (Lipinski definition) is 2. The van der Waals surface area contributed by atoms with Gasteiger partial charge < -0.3 is 10.2 Å². The quantitative estimate of drug-likeness (QED) is 0.804. The van der Waals surface area contributed by atoms with Crippen LogP contribution in [0.25, 0.3) is 0 Å². The molecule has 2 fully saturated rings.